The number of rotatable bonds is 15. The highest BCUT2D eigenvalue weighted by molar-refractivity contribution is 6.35. The number of piperazine rings is 1. The van der Waals surface area contributed by atoms with E-state index >= 15 is 0 Å². The molecule has 4 aliphatic heterocycles. The number of aromatic amines is 1. The number of carbonyl (C=O) groups is 7. The molecule has 0 spiro atoms. The third-order valence-electron chi connectivity index (χ3n) is 10.5. The summed E-state index contributed by atoms with van der Waals surface area (Å²) < 4.78 is 25.1. The third kappa shape index (κ3) is 8.68. The Bertz CT molecular complexity index is 2200. The molecule has 3 aromatic rings. The van der Waals surface area contributed by atoms with Crippen LogP contribution in [-0.2, 0) is 33.4 Å². The van der Waals surface area contributed by atoms with Gasteiger partial charge in [-0.25, -0.2) is 4.39 Å². The number of hydrogen-bond donors (Lipinski definition) is 5. The van der Waals surface area contributed by atoms with E-state index in [9.17, 15) is 38.0 Å². The third-order valence-corrected chi connectivity index (χ3v) is 10.5. The normalized spacial score (nSPS) is 18.7. The maximum Gasteiger partial charge on any atom is 0.264 e. The van der Waals surface area contributed by atoms with Gasteiger partial charge >= 0.3 is 0 Å². The summed E-state index contributed by atoms with van der Waals surface area (Å²) in [6.45, 7) is 5.35. The van der Waals surface area contributed by atoms with Crippen LogP contribution in [0.15, 0.2) is 42.6 Å². The zero-order valence-corrected chi connectivity index (χ0v) is 31.8. The molecule has 1 aromatic heterocycles. The lowest BCUT2D eigenvalue weighted by Crippen LogP contribution is -2.54. The lowest BCUT2D eigenvalue weighted by atomic mass is 10.0. The average Bonchev–Trinajstić information content (AvgIpc) is 3.79. The van der Waals surface area contributed by atoms with Crippen LogP contribution in [-0.4, -0.2) is 133 Å². The summed E-state index contributed by atoms with van der Waals surface area (Å²) in [5.41, 5.74) is 4.05. The van der Waals surface area contributed by atoms with Crippen molar-refractivity contribution >= 4 is 70.1 Å². The van der Waals surface area contributed by atoms with Crippen molar-refractivity contribution in [2.45, 2.75) is 32.2 Å². The molecule has 1 atom stereocenters. The van der Waals surface area contributed by atoms with Gasteiger partial charge in [-0.1, -0.05) is 6.07 Å². The standard InChI is InChI=1S/C40H43FN8O9/c1-23-30(20-27-26-19-24(41)5-6-28(26)45-37(27)53)43-21-31(23)44-34(51)22-47-11-13-48(14-12-47)35(52)9-15-57-17-18-58-16-10-42-29-4-2-3-25-36(29)40(56)49(39(25)55)32-7-8-33(50)46-38(32)54/h2-6,19-21,32,42-43H,7-18,22H2,1H3,(H,44,51)(H,45,53)(H,46,50,54)/b27-20-. The Morgan fingerprint density at radius 1 is 0.914 bits per heavy atom. The van der Waals surface area contributed by atoms with Gasteiger partial charge in [-0.15, -0.1) is 0 Å². The number of H-pyrrole nitrogens is 1. The molecule has 1 unspecified atom stereocenters. The summed E-state index contributed by atoms with van der Waals surface area (Å²) in [6.07, 6.45) is 3.61. The van der Waals surface area contributed by atoms with E-state index in [0.29, 0.717) is 66.6 Å². The summed E-state index contributed by atoms with van der Waals surface area (Å²) in [5.74, 6) is -3.31. The van der Waals surface area contributed by atoms with Gasteiger partial charge in [0.1, 0.15) is 11.9 Å². The highest BCUT2D eigenvalue weighted by Crippen LogP contribution is 2.35. The maximum atomic E-state index is 13.8. The number of aromatic nitrogens is 1. The van der Waals surface area contributed by atoms with Crippen LogP contribution < -0.4 is 21.3 Å². The monoisotopic (exact) mass is 798 g/mol. The summed E-state index contributed by atoms with van der Waals surface area (Å²) >= 11 is 0. The van der Waals surface area contributed by atoms with Gasteiger partial charge < -0.3 is 35.3 Å². The van der Waals surface area contributed by atoms with E-state index in [-0.39, 0.29) is 81.1 Å². The fourth-order valence-corrected chi connectivity index (χ4v) is 7.35. The van der Waals surface area contributed by atoms with Gasteiger partial charge in [-0.3, -0.25) is 48.7 Å². The predicted octanol–water partition coefficient (Wildman–Crippen LogP) is 1.97. The largest absolute Gasteiger partial charge is 0.382 e. The van der Waals surface area contributed by atoms with E-state index < -0.39 is 35.5 Å². The molecule has 4 aliphatic rings. The minimum Gasteiger partial charge on any atom is -0.382 e. The Balaban J connectivity index is 0.758. The lowest BCUT2D eigenvalue weighted by molar-refractivity contribution is -0.136. The van der Waals surface area contributed by atoms with Crippen LogP contribution in [0.3, 0.4) is 0 Å². The van der Waals surface area contributed by atoms with E-state index in [1.807, 2.05) is 11.8 Å². The maximum absolute atomic E-state index is 13.8. The first kappa shape index (κ1) is 40.0. The van der Waals surface area contributed by atoms with Crippen LogP contribution >= 0.6 is 0 Å². The smallest absolute Gasteiger partial charge is 0.264 e. The highest BCUT2D eigenvalue weighted by atomic mass is 19.1. The summed E-state index contributed by atoms with van der Waals surface area (Å²) in [4.78, 5) is 96.1. The highest BCUT2D eigenvalue weighted by Gasteiger charge is 2.45. The van der Waals surface area contributed by atoms with Crippen molar-refractivity contribution in [2.24, 2.45) is 0 Å². The molecule has 5 N–H and O–H groups in total. The molecular weight excluding hydrogens is 755 g/mol. The Labute approximate surface area is 332 Å². The van der Waals surface area contributed by atoms with E-state index in [4.69, 9.17) is 9.47 Å². The molecule has 58 heavy (non-hydrogen) atoms. The molecule has 7 amide bonds. The van der Waals surface area contributed by atoms with Crippen LogP contribution in [0.1, 0.15) is 56.8 Å². The van der Waals surface area contributed by atoms with Gasteiger partial charge in [0.05, 0.1) is 61.8 Å². The first-order valence-electron chi connectivity index (χ1n) is 19.0. The van der Waals surface area contributed by atoms with Crippen molar-refractivity contribution in [2.75, 3.05) is 81.6 Å². The topological polar surface area (TPSA) is 212 Å². The van der Waals surface area contributed by atoms with Gasteiger partial charge in [0.15, 0.2) is 0 Å². The second kappa shape index (κ2) is 17.5. The second-order valence-electron chi connectivity index (χ2n) is 14.2. The van der Waals surface area contributed by atoms with E-state index in [0.717, 1.165) is 10.5 Å². The minimum absolute atomic E-state index is 0.0419. The minimum atomic E-state index is -1.04. The predicted molar refractivity (Wildman–Crippen MR) is 208 cm³/mol. The van der Waals surface area contributed by atoms with Crippen molar-refractivity contribution in [1.82, 2.24) is 25.0 Å². The summed E-state index contributed by atoms with van der Waals surface area (Å²) in [7, 11) is 0. The molecule has 304 valence electrons. The number of fused-ring (bicyclic) bond motifs is 2. The molecule has 2 fully saturated rings. The SMILES string of the molecule is Cc1c(NC(=O)CN2CCN(C(=O)CCOCCOCCNc3cccc4c3C(=O)N(C3CCC(=O)NC3=O)C4=O)CC2)c[nH]c1/C=C1\C(=O)Nc2ccc(F)cc21. The Kier molecular flexibility index (Phi) is 12.1. The molecule has 0 aliphatic carbocycles. The van der Waals surface area contributed by atoms with Gasteiger partial charge in [0, 0.05) is 68.0 Å². The number of benzene rings is 2. The Morgan fingerprint density at radius 3 is 2.47 bits per heavy atom. The van der Waals surface area contributed by atoms with Gasteiger partial charge in [0.2, 0.25) is 23.6 Å². The zero-order chi connectivity index (χ0) is 40.9. The van der Waals surface area contributed by atoms with Crippen molar-refractivity contribution in [3.05, 3.63) is 76.4 Å². The quantitative estimate of drug-likeness (QED) is 0.0853. The summed E-state index contributed by atoms with van der Waals surface area (Å²) in [6, 6.07) is 7.91. The molecule has 2 aromatic carbocycles. The second-order valence-corrected chi connectivity index (χ2v) is 14.2. The first-order valence-corrected chi connectivity index (χ1v) is 19.0. The molecule has 18 heteroatoms. The fourth-order valence-electron chi connectivity index (χ4n) is 7.35. The van der Waals surface area contributed by atoms with E-state index in [1.54, 1.807) is 29.3 Å². The van der Waals surface area contributed by atoms with E-state index in [1.165, 1.54) is 24.3 Å². The molecule has 2 saturated heterocycles. The molecule has 0 radical (unpaired) electrons. The number of halogens is 1. The van der Waals surface area contributed by atoms with Gasteiger partial charge in [-0.05, 0) is 55.3 Å². The van der Waals surface area contributed by atoms with E-state index in [2.05, 4.69) is 26.3 Å². The van der Waals surface area contributed by atoms with Crippen molar-refractivity contribution in [1.29, 1.82) is 0 Å². The number of anilines is 3. The molecule has 7 rings (SSSR count). The van der Waals surface area contributed by atoms with Crippen LogP contribution in [0.2, 0.25) is 0 Å². The number of ether oxygens (including phenoxy) is 2. The number of nitrogens with zero attached hydrogens (tertiary/aromatic N) is 3. The van der Waals surface area contributed by atoms with Crippen LogP contribution in [0, 0.1) is 12.7 Å². The van der Waals surface area contributed by atoms with Crippen molar-refractivity contribution in [3.8, 4) is 0 Å². The molecule has 17 nitrogen and oxygen atoms in total. The van der Waals surface area contributed by atoms with Crippen LogP contribution in [0.25, 0.3) is 11.6 Å². The van der Waals surface area contributed by atoms with Crippen LogP contribution in [0.4, 0.5) is 21.5 Å². The first-order chi connectivity index (χ1) is 28.0. The number of imide groups is 2. The number of nitrogens with one attached hydrogen (secondary N) is 5. The Hall–Kier alpha value is -6.24. The van der Waals surface area contributed by atoms with Crippen molar-refractivity contribution < 1.29 is 47.4 Å². The zero-order valence-electron chi connectivity index (χ0n) is 31.8. The molecular formula is C40H43FN8O9. The number of hydrogen-bond acceptors (Lipinski definition) is 11. The molecule has 5 heterocycles. The lowest BCUT2D eigenvalue weighted by Gasteiger charge is -2.34. The summed E-state index contributed by atoms with van der Waals surface area (Å²) in [5, 5.41) is 10.9. The van der Waals surface area contributed by atoms with Crippen LogP contribution in [0.5, 0.6) is 0 Å². The Morgan fingerprint density at radius 2 is 1.69 bits per heavy atom. The number of amides is 7. The van der Waals surface area contributed by atoms with Crippen molar-refractivity contribution in [3.63, 3.8) is 0 Å². The average molecular weight is 799 g/mol. The molecule has 0 bridgehead atoms. The van der Waals surface area contributed by atoms with Gasteiger partial charge in [0.25, 0.3) is 17.7 Å². The number of carbonyl (C=O) groups excluding carboxylic acids is 7. The molecule has 0 saturated carbocycles. The number of piperidine rings is 1. The van der Waals surface area contributed by atoms with Gasteiger partial charge in [-0.2, -0.15) is 0 Å². The fraction of sp³-hybridized carbons (Fsp3) is 0.375.